The van der Waals surface area contributed by atoms with Crippen LogP contribution in [0.1, 0.15) is 43.4 Å². The van der Waals surface area contributed by atoms with Crippen LogP contribution in [0.15, 0.2) is 39.1 Å². The molecule has 2 aromatic rings. The van der Waals surface area contributed by atoms with Gasteiger partial charge in [0.15, 0.2) is 0 Å². The highest BCUT2D eigenvalue weighted by Gasteiger charge is 2.31. The third kappa shape index (κ3) is 6.31. The van der Waals surface area contributed by atoms with Crippen molar-refractivity contribution < 1.29 is 23.1 Å². The van der Waals surface area contributed by atoms with Crippen molar-refractivity contribution in [1.29, 1.82) is 0 Å². The van der Waals surface area contributed by atoms with Gasteiger partial charge >= 0.3 is 0 Å². The quantitative estimate of drug-likeness (QED) is 0.219. The minimum absolute atomic E-state index is 0.0141. The van der Waals surface area contributed by atoms with E-state index in [2.05, 4.69) is 16.7 Å². The summed E-state index contributed by atoms with van der Waals surface area (Å²) in [5.41, 5.74) is 3.39. The average molecular weight is 562 g/mol. The van der Waals surface area contributed by atoms with Crippen molar-refractivity contribution in [2.24, 2.45) is 12.0 Å². The molecule has 3 heterocycles. The summed E-state index contributed by atoms with van der Waals surface area (Å²) >= 11 is 0. The molecule has 4 rings (SSSR count). The summed E-state index contributed by atoms with van der Waals surface area (Å²) in [5, 5.41) is 9.49. The van der Waals surface area contributed by atoms with Gasteiger partial charge in [-0.2, -0.15) is 4.31 Å². The molecule has 212 valence electrons. The zero-order valence-electron chi connectivity index (χ0n) is 22.6. The Morgan fingerprint density at radius 2 is 1.90 bits per heavy atom. The van der Waals surface area contributed by atoms with Crippen molar-refractivity contribution in [3.8, 4) is 5.75 Å². The first-order valence-electron chi connectivity index (χ1n) is 13.2. The summed E-state index contributed by atoms with van der Waals surface area (Å²) in [6, 6.07) is 4.82. The third-order valence-corrected chi connectivity index (χ3v) is 8.87. The van der Waals surface area contributed by atoms with Crippen molar-refractivity contribution in [2.45, 2.75) is 44.4 Å². The lowest BCUT2D eigenvalue weighted by Crippen LogP contribution is -2.48. The number of pyridine rings is 1. The van der Waals surface area contributed by atoms with Crippen LogP contribution in [0.2, 0.25) is 0 Å². The van der Waals surface area contributed by atoms with E-state index in [4.69, 9.17) is 9.73 Å². The van der Waals surface area contributed by atoms with Gasteiger partial charge in [-0.25, -0.2) is 8.42 Å². The topological polar surface area (TPSA) is 137 Å². The van der Waals surface area contributed by atoms with Crippen LogP contribution >= 0.6 is 0 Å². The van der Waals surface area contributed by atoms with Gasteiger partial charge in [-0.3, -0.25) is 9.79 Å². The van der Waals surface area contributed by atoms with Crippen molar-refractivity contribution in [2.75, 3.05) is 45.9 Å². The van der Waals surface area contributed by atoms with Crippen LogP contribution in [-0.4, -0.2) is 78.9 Å². The van der Waals surface area contributed by atoms with Crippen molar-refractivity contribution in [3.63, 3.8) is 0 Å². The van der Waals surface area contributed by atoms with Crippen LogP contribution in [0.4, 0.5) is 5.69 Å². The Morgan fingerprint density at radius 1 is 1.15 bits per heavy atom. The number of hydrogen-bond donors (Lipinski definition) is 0. The predicted molar refractivity (Wildman–Crippen MR) is 146 cm³/mol. The number of ether oxygens (including phenoxy) is 1. The van der Waals surface area contributed by atoms with Gasteiger partial charge in [-0.15, -0.1) is 10.1 Å². The van der Waals surface area contributed by atoms with E-state index in [9.17, 15) is 23.3 Å². The monoisotopic (exact) mass is 561 g/mol. The molecule has 0 bridgehead atoms. The molecule has 1 aromatic carbocycles. The first kappa shape index (κ1) is 28.7. The minimum Gasteiger partial charge on any atom is -0.493 e. The highest BCUT2D eigenvalue weighted by atomic mass is 32.2. The summed E-state index contributed by atoms with van der Waals surface area (Å²) in [5.74, 6) is 0.527. The van der Waals surface area contributed by atoms with Gasteiger partial charge in [0.05, 0.1) is 29.5 Å². The lowest BCUT2D eigenvalue weighted by Gasteiger charge is -2.34. The van der Waals surface area contributed by atoms with Crippen LogP contribution < -0.4 is 10.3 Å². The molecular weight excluding hydrogens is 526 g/mol. The Morgan fingerprint density at radius 3 is 2.56 bits per heavy atom. The van der Waals surface area contributed by atoms with Crippen molar-refractivity contribution >= 4 is 21.4 Å². The number of nitrogens with zero attached hydrogens (tertiary/aromatic N) is 5. The maximum absolute atomic E-state index is 13.6. The molecule has 1 fully saturated rings. The van der Waals surface area contributed by atoms with Crippen LogP contribution in [0, 0.1) is 10.1 Å². The number of piperazine rings is 1. The molecule has 1 saturated heterocycles. The van der Waals surface area contributed by atoms with Gasteiger partial charge in [-0.1, -0.05) is 13.3 Å². The molecule has 0 radical (unpaired) electrons. The second-order valence-corrected chi connectivity index (χ2v) is 11.6. The maximum atomic E-state index is 13.6. The zero-order chi connectivity index (χ0) is 28.2. The van der Waals surface area contributed by atoms with E-state index in [-0.39, 0.29) is 17.1 Å². The first-order valence-corrected chi connectivity index (χ1v) is 14.7. The molecule has 12 nitrogen and oxygen atoms in total. The highest BCUT2D eigenvalue weighted by molar-refractivity contribution is 7.89. The average Bonchev–Trinajstić information content (AvgIpc) is 3.36. The molecule has 0 aliphatic carbocycles. The molecule has 39 heavy (non-hydrogen) atoms. The molecule has 0 amide bonds. The van der Waals surface area contributed by atoms with Crippen molar-refractivity contribution in [3.05, 3.63) is 61.6 Å². The molecule has 0 unspecified atom stereocenters. The van der Waals surface area contributed by atoms with Gasteiger partial charge in [0.2, 0.25) is 10.0 Å². The summed E-state index contributed by atoms with van der Waals surface area (Å²) in [7, 11) is -2.05. The minimum atomic E-state index is -3.79. The van der Waals surface area contributed by atoms with Gasteiger partial charge in [0, 0.05) is 63.5 Å². The zero-order valence-corrected chi connectivity index (χ0v) is 23.4. The van der Waals surface area contributed by atoms with Gasteiger partial charge in [0.1, 0.15) is 5.75 Å². The van der Waals surface area contributed by atoms with Crippen LogP contribution in [-0.2, 0) is 34.8 Å². The number of fused-ring (bicyclic) bond motifs is 1. The van der Waals surface area contributed by atoms with E-state index in [0.29, 0.717) is 80.4 Å². The summed E-state index contributed by atoms with van der Waals surface area (Å²) in [4.78, 5) is 34.6. The predicted octanol–water partition coefficient (Wildman–Crippen LogP) is 2.32. The van der Waals surface area contributed by atoms with E-state index < -0.39 is 15.1 Å². The Hall–Kier alpha value is -3.29. The molecule has 0 saturated carbocycles. The number of benzene rings is 1. The van der Waals surface area contributed by atoms with E-state index in [1.165, 1.54) is 4.31 Å². The molecule has 1 aromatic heterocycles. The fourth-order valence-corrected chi connectivity index (χ4v) is 6.50. The van der Waals surface area contributed by atoms with Gasteiger partial charge < -0.3 is 19.0 Å². The fourth-order valence-electron chi connectivity index (χ4n) is 5.06. The molecule has 0 spiro atoms. The number of aryl methyl sites for hydroxylation is 2. The largest absolute Gasteiger partial charge is 0.493 e. The van der Waals surface area contributed by atoms with E-state index in [0.717, 1.165) is 18.4 Å². The fraction of sp³-hybridized carbons (Fsp3) is 0.538. The molecule has 0 atom stereocenters. The molecular formula is C26H35N5O7S. The van der Waals surface area contributed by atoms with Crippen molar-refractivity contribution in [1.82, 2.24) is 13.8 Å². The second kappa shape index (κ2) is 12.3. The van der Waals surface area contributed by atoms with E-state index >= 15 is 0 Å². The number of hydrogen-bond acceptors (Lipinski definition) is 9. The van der Waals surface area contributed by atoms with Crippen LogP contribution in [0.5, 0.6) is 5.75 Å². The lowest BCUT2D eigenvalue weighted by atomic mass is 10.0. The van der Waals surface area contributed by atoms with Gasteiger partial charge in [-0.05, 0) is 43.5 Å². The molecule has 2 aliphatic heterocycles. The van der Waals surface area contributed by atoms with E-state index in [1.54, 1.807) is 29.8 Å². The van der Waals surface area contributed by atoms with E-state index in [1.807, 2.05) is 13.1 Å². The highest BCUT2D eigenvalue weighted by Crippen LogP contribution is 2.34. The summed E-state index contributed by atoms with van der Waals surface area (Å²) in [6.07, 6.45) is 4.32. The van der Waals surface area contributed by atoms with Crippen LogP contribution in [0.3, 0.4) is 0 Å². The first-order chi connectivity index (χ1) is 18.6. The second-order valence-electron chi connectivity index (χ2n) is 9.63. The third-order valence-electron chi connectivity index (χ3n) is 6.97. The normalized spacial score (nSPS) is 16.1. The smallest absolute Gasteiger partial charge is 0.294 e. The summed E-state index contributed by atoms with van der Waals surface area (Å²) < 4.78 is 36.1. The summed E-state index contributed by atoms with van der Waals surface area (Å²) in [6.45, 7) is 6.60. The number of sulfonamides is 1. The molecule has 13 heteroatoms. The Bertz CT molecular complexity index is 1410. The van der Waals surface area contributed by atoms with Gasteiger partial charge in [0.25, 0.3) is 10.6 Å². The lowest BCUT2D eigenvalue weighted by molar-refractivity contribution is -0.757. The Kier molecular flexibility index (Phi) is 9.03. The number of rotatable bonds is 12. The molecule has 0 N–H and O–H groups in total. The SMILES string of the molecule is CCCc1cn(C)c(=O)c2c1N=C(c1cc(S(=O)(=O)N3CCN(CCCO[N+](=O)[O-])CC3)ccc1OCC)C2. The maximum Gasteiger partial charge on any atom is 0.294 e. The number of aliphatic imine (C=N–C) groups is 1. The standard InChI is InChI=1S/C26H35N5O7S/c1-4-7-19-18-28(3)26(32)22-17-23(27-25(19)22)21-16-20(8-9-24(21)37-5-2)39(35,36)30-13-11-29(12-14-30)10-6-15-38-31(33)34/h8-9,16,18H,4-7,10-15,17H2,1-3H3. The Labute approximate surface area is 228 Å². The number of aromatic nitrogens is 1. The molecule has 2 aliphatic rings. The Balaban J connectivity index is 1.56. The van der Waals surface area contributed by atoms with Crippen LogP contribution in [0.25, 0.3) is 0 Å².